The third-order valence-electron chi connectivity index (χ3n) is 7.46. The number of amides is 3. The van der Waals surface area contributed by atoms with Gasteiger partial charge in [-0.25, -0.2) is 0 Å². The zero-order chi connectivity index (χ0) is 28.2. The van der Waals surface area contributed by atoms with Crippen LogP contribution in [0, 0.1) is 0 Å². The molecule has 0 radical (unpaired) electrons. The van der Waals surface area contributed by atoms with Crippen LogP contribution in [0.2, 0.25) is 0 Å². The molecule has 1 aliphatic heterocycles. The summed E-state index contributed by atoms with van der Waals surface area (Å²) in [7, 11) is 0. The van der Waals surface area contributed by atoms with Crippen molar-refractivity contribution in [3.05, 3.63) is 112 Å². The zero-order valence-electron chi connectivity index (χ0n) is 22.6. The first-order chi connectivity index (χ1) is 19.4. The highest BCUT2D eigenvalue weighted by Gasteiger charge is 2.36. The van der Waals surface area contributed by atoms with Crippen LogP contribution in [0.5, 0.6) is 0 Å². The molecule has 204 valence electrons. The molecule has 6 nitrogen and oxygen atoms in total. The van der Waals surface area contributed by atoms with Crippen molar-refractivity contribution in [3.63, 3.8) is 0 Å². The molecule has 1 aliphatic rings. The lowest BCUT2D eigenvalue weighted by Crippen LogP contribution is -2.54. The van der Waals surface area contributed by atoms with Crippen molar-refractivity contribution in [3.8, 4) is 0 Å². The van der Waals surface area contributed by atoms with E-state index < -0.39 is 6.04 Å². The Bertz CT molecular complexity index is 1550. The Kier molecular flexibility index (Phi) is 8.31. The lowest BCUT2D eigenvalue weighted by Gasteiger charge is -2.33. The Hall–Kier alpha value is -3.97. The van der Waals surface area contributed by atoms with E-state index in [0.29, 0.717) is 12.0 Å². The van der Waals surface area contributed by atoms with Crippen molar-refractivity contribution < 1.29 is 14.4 Å². The highest BCUT2D eigenvalue weighted by Crippen LogP contribution is 2.37. The van der Waals surface area contributed by atoms with Gasteiger partial charge in [-0.05, 0) is 54.1 Å². The Morgan fingerprint density at radius 1 is 0.925 bits per heavy atom. The number of nitrogens with one attached hydrogen (secondary N) is 1. The van der Waals surface area contributed by atoms with Gasteiger partial charge in [0.2, 0.25) is 11.8 Å². The molecule has 5 rings (SSSR count). The summed E-state index contributed by atoms with van der Waals surface area (Å²) in [6.07, 6.45) is 1.13. The molecular formula is C33H32BrN3O3. The SMILES string of the molecule is CC[C@H](C)NC(=O)[C@@H](Cc1ccccc1)N(Cc1cccc(Br)c1)C(=O)CN1C(=O)c2cccc3cccc1c23. The fourth-order valence-corrected chi connectivity index (χ4v) is 5.64. The van der Waals surface area contributed by atoms with Gasteiger partial charge < -0.3 is 10.2 Å². The van der Waals surface area contributed by atoms with Crippen molar-refractivity contribution in [2.45, 2.75) is 45.3 Å². The van der Waals surface area contributed by atoms with Gasteiger partial charge in [-0.2, -0.15) is 0 Å². The van der Waals surface area contributed by atoms with E-state index in [1.807, 2.05) is 98.8 Å². The van der Waals surface area contributed by atoms with E-state index in [9.17, 15) is 14.4 Å². The van der Waals surface area contributed by atoms with Gasteiger partial charge in [-0.3, -0.25) is 19.3 Å². The van der Waals surface area contributed by atoms with E-state index in [4.69, 9.17) is 0 Å². The Morgan fingerprint density at radius 3 is 2.35 bits per heavy atom. The van der Waals surface area contributed by atoms with Crippen LogP contribution < -0.4 is 10.2 Å². The maximum atomic E-state index is 14.2. The molecule has 3 amide bonds. The molecule has 0 fully saturated rings. The molecule has 0 bridgehead atoms. The van der Waals surface area contributed by atoms with Crippen molar-refractivity contribution in [2.24, 2.45) is 0 Å². The second-order valence-electron chi connectivity index (χ2n) is 10.2. The summed E-state index contributed by atoms with van der Waals surface area (Å²) in [5.41, 5.74) is 3.15. The summed E-state index contributed by atoms with van der Waals surface area (Å²) in [6.45, 7) is 4.03. The van der Waals surface area contributed by atoms with Crippen LogP contribution in [0.3, 0.4) is 0 Å². The van der Waals surface area contributed by atoms with Gasteiger partial charge in [-0.15, -0.1) is 0 Å². The Balaban J connectivity index is 1.51. The largest absolute Gasteiger partial charge is 0.352 e. The minimum absolute atomic E-state index is 0.0409. The first kappa shape index (κ1) is 27.6. The van der Waals surface area contributed by atoms with Gasteiger partial charge in [0, 0.05) is 34.4 Å². The molecule has 0 aromatic heterocycles. The van der Waals surface area contributed by atoms with E-state index in [0.717, 1.165) is 38.5 Å². The van der Waals surface area contributed by atoms with E-state index in [1.54, 1.807) is 15.9 Å². The molecule has 4 aromatic carbocycles. The molecule has 1 heterocycles. The maximum absolute atomic E-state index is 14.2. The second-order valence-corrected chi connectivity index (χ2v) is 11.2. The van der Waals surface area contributed by atoms with Crippen LogP contribution in [0.1, 0.15) is 41.8 Å². The fourth-order valence-electron chi connectivity index (χ4n) is 5.19. The minimum Gasteiger partial charge on any atom is -0.352 e. The molecule has 0 unspecified atom stereocenters. The molecule has 2 atom stereocenters. The van der Waals surface area contributed by atoms with Gasteiger partial charge in [0.05, 0.1) is 5.69 Å². The topological polar surface area (TPSA) is 69.7 Å². The van der Waals surface area contributed by atoms with Crippen LogP contribution in [0.15, 0.2) is 95.5 Å². The van der Waals surface area contributed by atoms with Crippen molar-refractivity contribution in [1.29, 1.82) is 0 Å². The van der Waals surface area contributed by atoms with Gasteiger partial charge in [-0.1, -0.05) is 89.6 Å². The van der Waals surface area contributed by atoms with Crippen LogP contribution in [-0.4, -0.2) is 41.2 Å². The number of nitrogens with zero attached hydrogens (tertiary/aromatic N) is 2. The molecule has 40 heavy (non-hydrogen) atoms. The predicted octanol–water partition coefficient (Wildman–Crippen LogP) is 6.12. The highest BCUT2D eigenvalue weighted by molar-refractivity contribution is 9.10. The number of benzene rings is 4. The number of hydrogen-bond acceptors (Lipinski definition) is 3. The molecular weight excluding hydrogens is 566 g/mol. The standard InChI is InChI=1S/C33H32BrN3O3/c1-3-22(2)35-32(39)29(19-23-10-5-4-6-11-23)36(20-24-12-7-15-26(34)18-24)30(38)21-37-28-17-9-14-25-13-8-16-27(31(25)28)33(37)40/h4-18,22,29H,3,19-21H2,1-2H3,(H,35,39)/t22-,29+/m0/s1. The van der Waals surface area contributed by atoms with Crippen LogP contribution >= 0.6 is 15.9 Å². The number of halogens is 1. The van der Waals surface area contributed by atoms with Crippen molar-refractivity contribution in [2.75, 3.05) is 11.4 Å². The van der Waals surface area contributed by atoms with Crippen LogP contribution in [0.4, 0.5) is 5.69 Å². The number of hydrogen-bond donors (Lipinski definition) is 1. The van der Waals surface area contributed by atoms with Gasteiger partial charge in [0.25, 0.3) is 5.91 Å². The normalized spacial score (nSPS) is 13.8. The molecule has 1 N–H and O–H groups in total. The molecule has 0 saturated heterocycles. The quantitative estimate of drug-likeness (QED) is 0.239. The summed E-state index contributed by atoms with van der Waals surface area (Å²) >= 11 is 3.53. The van der Waals surface area contributed by atoms with Gasteiger partial charge in [0.15, 0.2) is 0 Å². The first-order valence-electron chi connectivity index (χ1n) is 13.6. The maximum Gasteiger partial charge on any atom is 0.259 e. The molecule has 7 heteroatoms. The monoisotopic (exact) mass is 597 g/mol. The van der Waals surface area contributed by atoms with E-state index >= 15 is 0 Å². The number of anilines is 1. The van der Waals surface area contributed by atoms with Crippen LogP contribution in [-0.2, 0) is 22.6 Å². The average Bonchev–Trinajstić information content (AvgIpc) is 3.23. The minimum atomic E-state index is -0.765. The number of carbonyl (C=O) groups is 3. The smallest absolute Gasteiger partial charge is 0.259 e. The molecule has 0 aliphatic carbocycles. The highest BCUT2D eigenvalue weighted by atomic mass is 79.9. The fraction of sp³-hybridized carbons (Fsp3) is 0.242. The van der Waals surface area contributed by atoms with E-state index in [1.165, 1.54) is 0 Å². The third kappa shape index (κ3) is 5.80. The van der Waals surface area contributed by atoms with Crippen LogP contribution in [0.25, 0.3) is 10.8 Å². The summed E-state index contributed by atoms with van der Waals surface area (Å²) in [5, 5.41) is 4.91. The lowest BCUT2D eigenvalue weighted by atomic mass is 10.0. The summed E-state index contributed by atoms with van der Waals surface area (Å²) in [6, 6.07) is 28.0. The van der Waals surface area contributed by atoms with Gasteiger partial charge >= 0.3 is 0 Å². The predicted molar refractivity (Wildman–Crippen MR) is 162 cm³/mol. The second kappa shape index (κ2) is 12.0. The molecule has 4 aromatic rings. The molecule has 0 spiro atoms. The summed E-state index contributed by atoms with van der Waals surface area (Å²) in [5.74, 6) is -0.704. The van der Waals surface area contributed by atoms with E-state index in [2.05, 4.69) is 21.2 Å². The first-order valence-corrected chi connectivity index (χ1v) is 14.4. The average molecular weight is 599 g/mol. The number of carbonyl (C=O) groups excluding carboxylic acids is 3. The summed E-state index contributed by atoms with van der Waals surface area (Å²) in [4.78, 5) is 44.7. The van der Waals surface area contributed by atoms with Gasteiger partial charge in [0.1, 0.15) is 12.6 Å². The lowest BCUT2D eigenvalue weighted by molar-refractivity contribution is -0.140. The van der Waals surface area contributed by atoms with Crippen molar-refractivity contribution in [1.82, 2.24) is 10.2 Å². The van der Waals surface area contributed by atoms with Crippen molar-refractivity contribution >= 4 is 50.1 Å². The number of rotatable bonds is 10. The zero-order valence-corrected chi connectivity index (χ0v) is 24.2. The summed E-state index contributed by atoms with van der Waals surface area (Å²) < 4.78 is 0.887. The molecule has 0 saturated carbocycles. The third-order valence-corrected chi connectivity index (χ3v) is 7.95. The Labute approximate surface area is 243 Å². The van der Waals surface area contributed by atoms with E-state index in [-0.39, 0.29) is 36.9 Å². The Morgan fingerprint density at radius 2 is 1.62 bits per heavy atom.